The van der Waals surface area contributed by atoms with Crippen molar-refractivity contribution < 1.29 is 14.3 Å². The van der Waals surface area contributed by atoms with E-state index in [1.54, 1.807) is 6.92 Å². The van der Waals surface area contributed by atoms with Crippen LogP contribution in [0, 0.1) is 18.8 Å². The van der Waals surface area contributed by atoms with Gasteiger partial charge in [0, 0.05) is 11.6 Å². The van der Waals surface area contributed by atoms with E-state index in [4.69, 9.17) is 4.74 Å². The maximum atomic E-state index is 12.4. The topological polar surface area (TPSA) is 68.3 Å². The number of aryl methyl sites for hydroxylation is 1. The molecule has 1 saturated carbocycles. The number of carbonyl (C=O) groups excluding carboxylic acids is 2. The van der Waals surface area contributed by atoms with Crippen molar-refractivity contribution in [2.75, 3.05) is 6.61 Å². The number of esters is 1. The molecule has 5 nitrogen and oxygen atoms in total. The largest absolute Gasteiger partial charge is 0.451 e. The Hall–Kier alpha value is -2.21. The second-order valence-electron chi connectivity index (χ2n) is 7.32. The Morgan fingerprint density at radius 2 is 1.96 bits per heavy atom. The van der Waals surface area contributed by atoms with Crippen LogP contribution in [-0.2, 0) is 9.53 Å². The molecule has 0 saturated heterocycles. The normalized spacial score (nSPS) is 22.3. The Balaban J connectivity index is 1.56. The van der Waals surface area contributed by atoms with E-state index >= 15 is 0 Å². The van der Waals surface area contributed by atoms with Crippen molar-refractivity contribution in [3.63, 3.8) is 0 Å². The first-order valence-electron chi connectivity index (χ1n) is 9.45. The summed E-state index contributed by atoms with van der Waals surface area (Å²) >= 11 is 1.29. The number of carbonyl (C=O) groups is 2. The van der Waals surface area contributed by atoms with E-state index in [1.165, 1.54) is 17.8 Å². The lowest BCUT2D eigenvalue weighted by Gasteiger charge is -2.34. The number of nitrogens with zero attached hydrogens (tertiary/aromatic N) is 1. The number of hydrogen-bond donors (Lipinski definition) is 1. The molecule has 1 fully saturated rings. The summed E-state index contributed by atoms with van der Waals surface area (Å²) in [5.74, 6) is 0.311. The van der Waals surface area contributed by atoms with Gasteiger partial charge in [0.25, 0.3) is 5.91 Å². The Morgan fingerprint density at radius 3 is 2.70 bits per heavy atom. The molecule has 6 heteroatoms. The van der Waals surface area contributed by atoms with Gasteiger partial charge in [-0.05, 0) is 25.2 Å². The maximum Gasteiger partial charge on any atom is 0.350 e. The van der Waals surface area contributed by atoms with E-state index in [0.717, 1.165) is 23.4 Å². The summed E-state index contributed by atoms with van der Waals surface area (Å²) in [6, 6.07) is 9.87. The number of aromatic nitrogens is 1. The van der Waals surface area contributed by atoms with Gasteiger partial charge in [0.2, 0.25) is 0 Å². The first kappa shape index (κ1) is 19.5. The van der Waals surface area contributed by atoms with Gasteiger partial charge in [0.05, 0.1) is 5.69 Å². The molecule has 0 unspecified atom stereocenters. The second kappa shape index (κ2) is 8.65. The average molecular weight is 387 g/mol. The molecule has 0 aliphatic heterocycles. The monoisotopic (exact) mass is 386 g/mol. The molecule has 3 atom stereocenters. The lowest BCUT2D eigenvalue weighted by atomic mass is 9.78. The van der Waals surface area contributed by atoms with Crippen molar-refractivity contribution in [3.8, 4) is 10.6 Å². The molecule has 1 aromatic heterocycles. The number of benzene rings is 1. The van der Waals surface area contributed by atoms with Gasteiger partial charge in [-0.15, -0.1) is 11.3 Å². The molecule has 0 radical (unpaired) electrons. The summed E-state index contributed by atoms with van der Waals surface area (Å²) in [5, 5.41) is 3.80. The Bertz CT molecular complexity index is 803. The number of nitrogens with one attached hydrogen (secondary N) is 1. The number of amides is 1. The van der Waals surface area contributed by atoms with Gasteiger partial charge in [0.1, 0.15) is 9.88 Å². The summed E-state index contributed by atoms with van der Waals surface area (Å²) in [5.41, 5.74) is 1.58. The van der Waals surface area contributed by atoms with Gasteiger partial charge in [-0.1, -0.05) is 57.0 Å². The number of hydrogen-bond acceptors (Lipinski definition) is 5. The molecule has 0 bridgehead atoms. The molecule has 1 N–H and O–H groups in total. The lowest BCUT2D eigenvalue weighted by Crippen LogP contribution is -2.45. The van der Waals surface area contributed by atoms with Crippen LogP contribution in [0.5, 0.6) is 0 Å². The highest BCUT2D eigenvalue weighted by atomic mass is 32.1. The van der Waals surface area contributed by atoms with E-state index in [0.29, 0.717) is 22.4 Å². The van der Waals surface area contributed by atoms with Crippen molar-refractivity contribution in [1.82, 2.24) is 10.3 Å². The summed E-state index contributed by atoms with van der Waals surface area (Å²) in [6.45, 7) is 5.92. The van der Waals surface area contributed by atoms with Gasteiger partial charge in [0.15, 0.2) is 6.61 Å². The van der Waals surface area contributed by atoms with Crippen molar-refractivity contribution in [2.45, 2.75) is 46.1 Å². The van der Waals surface area contributed by atoms with Gasteiger partial charge >= 0.3 is 5.97 Å². The summed E-state index contributed by atoms with van der Waals surface area (Å²) in [6.07, 6.45) is 3.31. The minimum Gasteiger partial charge on any atom is -0.451 e. The van der Waals surface area contributed by atoms with Crippen LogP contribution in [-0.4, -0.2) is 29.5 Å². The number of ether oxygens (including phenoxy) is 1. The number of rotatable bonds is 5. The first-order chi connectivity index (χ1) is 13.0. The third-order valence-corrected chi connectivity index (χ3v) is 6.58. The fourth-order valence-corrected chi connectivity index (χ4v) is 4.49. The zero-order valence-corrected chi connectivity index (χ0v) is 16.8. The van der Waals surface area contributed by atoms with Crippen LogP contribution in [0.15, 0.2) is 30.3 Å². The van der Waals surface area contributed by atoms with Crippen LogP contribution < -0.4 is 5.32 Å². The van der Waals surface area contributed by atoms with Gasteiger partial charge < -0.3 is 10.1 Å². The van der Waals surface area contributed by atoms with Crippen LogP contribution >= 0.6 is 11.3 Å². The molecule has 144 valence electrons. The van der Waals surface area contributed by atoms with Gasteiger partial charge in [-0.2, -0.15) is 0 Å². The molecule has 1 aliphatic carbocycles. The molecule has 3 rings (SSSR count). The van der Waals surface area contributed by atoms with Crippen LogP contribution in [0.4, 0.5) is 0 Å². The van der Waals surface area contributed by atoms with Crippen molar-refractivity contribution in [3.05, 3.63) is 40.9 Å². The molecule has 0 spiro atoms. The first-order valence-corrected chi connectivity index (χ1v) is 10.3. The van der Waals surface area contributed by atoms with Crippen LogP contribution in [0.1, 0.15) is 48.5 Å². The van der Waals surface area contributed by atoms with E-state index in [9.17, 15) is 9.59 Å². The predicted molar refractivity (Wildman–Crippen MR) is 107 cm³/mol. The second-order valence-corrected chi connectivity index (χ2v) is 8.32. The molecule has 1 heterocycles. The number of thiazole rings is 1. The van der Waals surface area contributed by atoms with E-state index < -0.39 is 5.97 Å². The van der Waals surface area contributed by atoms with Gasteiger partial charge in [-0.3, -0.25) is 4.79 Å². The van der Waals surface area contributed by atoms with Crippen LogP contribution in [0.25, 0.3) is 10.6 Å². The smallest absolute Gasteiger partial charge is 0.350 e. The standard InChI is InChI=1S/C21H26N2O3S/c1-13-8-7-11-17(14(13)2)23-18(24)12-26-21(25)19-15(3)22-20(27-19)16-9-5-4-6-10-16/h4-6,9-10,13-14,17H,7-8,11-12H2,1-3H3,(H,23,24)/t13-,14-,17-/m0/s1. The van der Waals surface area contributed by atoms with Crippen molar-refractivity contribution >= 4 is 23.2 Å². The molecule has 1 aliphatic rings. The average Bonchev–Trinajstić information content (AvgIpc) is 3.06. The van der Waals surface area contributed by atoms with E-state index in [1.807, 2.05) is 30.3 Å². The fourth-order valence-electron chi connectivity index (χ4n) is 3.52. The zero-order valence-electron chi connectivity index (χ0n) is 16.0. The van der Waals surface area contributed by atoms with E-state index in [-0.39, 0.29) is 18.6 Å². The molecule has 1 aromatic carbocycles. The van der Waals surface area contributed by atoms with Crippen molar-refractivity contribution in [1.29, 1.82) is 0 Å². The Labute approximate surface area is 164 Å². The van der Waals surface area contributed by atoms with E-state index in [2.05, 4.69) is 24.1 Å². The third kappa shape index (κ3) is 4.75. The highest BCUT2D eigenvalue weighted by molar-refractivity contribution is 7.17. The highest BCUT2D eigenvalue weighted by Gasteiger charge is 2.28. The summed E-state index contributed by atoms with van der Waals surface area (Å²) in [7, 11) is 0. The van der Waals surface area contributed by atoms with Crippen molar-refractivity contribution in [2.24, 2.45) is 11.8 Å². The highest BCUT2D eigenvalue weighted by Crippen LogP contribution is 2.30. The summed E-state index contributed by atoms with van der Waals surface area (Å²) < 4.78 is 5.24. The minimum atomic E-state index is -0.493. The molecule has 2 aromatic rings. The van der Waals surface area contributed by atoms with Crippen LogP contribution in [0.3, 0.4) is 0 Å². The quantitative estimate of drug-likeness (QED) is 0.782. The molecular weight excluding hydrogens is 360 g/mol. The molecule has 1 amide bonds. The summed E-state index contributed by atoms with van der Waals surface area (Å²) in [4.78, 5) is 29.5. The SMILES string of the molecule is Cc1nc(-c2ccccc2)sc1C(=O)OCC(=O)N[C@H]1CCC[C@H](C)[C@@H]1C. The minimum absolute atomic E-state index is 0.162. The molecule has 27 heavy (non-hydrogen) atoms. The van der Waals surface area contributed by atoms with Gasteiger partial charge in [-0.25, -0.2) is 9.78 Å². The zero-order chi connectivity index (χ0) is 19.4. The third-order valence-electron chi connectivity index (χ3n) is 5.39. The molecular formula is C21H26N2O3S. The lowest BCUT2D eigenvalue weighted by molar-refractivity contribution is -0.125. The fraction of sp³-hybridized carbons (Fsp3) is 0.476. The Kier molecular flexibility index (Phi) is 6.26. The maximum absolute atomic E-state index is 12.4. The Morgan fingerprint density at radius 1 is 1.22 bits per heavy atom. The van der Waals surface area contributed by atoms with Crippen LogP contribution in [0.2, 0.25) is 0 Å². The predicted octanol–water partition coefficient (Wildman–Crippen LogP) is 4.22.